The van der Waals surface area contributed by atoms with E-state index in [9.17, 15) is 24.0 Å². The van der Waals surface area contributed by atoms with Crippen molar-refractivity contribution in [3.63, 3.8) is 0 Å². The van der Waals surface area contributed by atoms with Gasteiger partial charge in [0.2, 0.25) is 11.8 Å². The third-order valence-electron chi connectivity index (χ3n) is 6.34. The quantitative estimate of drug-likeness (QED) is 0.436. The Bertz CT molecular complexity index is 1280. The summed E-state index contributed by atoms with van der Waals surface area (Å²) in [6.07, 6.45) is 3.16. The molecule has 188 valence electrons. The van der Waals surface area contributed by atoms with Crippen molar-refractivity contribution in [2.75, 3.05) is 11.4 Å². The van der Waals surface area contributed by atoms with Crippen LogP contribution in [0.15, 0.2) is 37.1 Å². The van der Waals surface area contributed by atoms with Crippen LogP contribution in [0.3, 0.4) is 0 Å². The Labute approximate surface area is 208 Å². The van der Waals surface area contributed by atoms with Crippen LogP contribution in [0.25, 0.3) is 0 Å². The molecule has 0 saturated carbocycles. The van der Waals surface area contributed by atoms with Crippen LogP contribution in [0, 0.1) is 6.92 Å². The van der Waals surface area contributed by atoms with Crippen molar-refractivity contribution in [2.45, 2.75) is 45.3 Å². The lowest BCUT2D eigenvalue weighted by atomic mass is 10.0. The first-order valence-corrected chi connectivity index (χ1v) is 11.7. The van der Waals surface area contributed by atoms with Gasteiger partial charge in [-0.2, -0.15) is 0 Å². The van der Waals surface area contributed by atoms with Crippen LogP contribution in [0.2, 0.25) is 0 Å². The van der Waals surface area contributed by atoms with Crippen molar-refractivity contribution in [1.82, 2.24) is 25.1 Å². The predicted octanol–water partition coefficient (Wildman–Crippen LogP) is 0.886. The van der Waals surface area contributed by atoms with Crippen LogP contribution in [0.4, 0.5) is 5.69 Å². The summed E-state index contributed by atoms with van der Waals surface area (Å²) in [4.78, 5) is 71.5. The molecule has 2 atom stereocenters. The smallest absolute Gasteiger partial charge is 0.257 e. The molecule has 2 aliphatic rings. The average Bonchev–Trinajstić information content (AvgIpc) is 3.35. The van der Waals surface area contributed by atoms with Gasteiger partial charge >= 0.3 is 0 Å². The fourth-order valence-electron chi connectivity index (χ4n) is 4.79. The maximum absolute atomic E-state index is 13.7. The number of rotatable bonds is 7. The Hall–Kier alpha value is -4.28. The van der Waals surface area contributed by atoms with Gasteiger partial charge < -0.3 is 14.8 Å². The highest BCUT2D eigenvalue weighted by molar-refractivity contribution is 6.13. The minimum atomic E-state index is -1.18. The second-order valence-electron chi connectivity index (χ2n) is 8.77. The molecule has 11 heteroatoms. The van der Waals surface area contributed by atoms with Crippen molar-refractivity contribution in [3.05, 3.63) is 59.7 Å². The normalized spacial score (nSPS) is 17.9. The number of nitrogens with zero attached hydrogens (tertiary/aromatic N) is 4. The molecule has 1 fully saturated rings. The average molecular weight is 493 g/mol. The first-order chi connectivity index (χ1) is 17.2. The first-order valence-electron chi connectivity index (χ1n) is 11.7. The van der Waals surface area contributed by atoms with Crippen molar-refractivity contribution in [3.8, 4) is 0 Å². The summed E-state index contributed by atoms with van der Waals surface area (Å²) in [5, 5.41) is 5.04. The van der Waals surface area contributed by atoms with E-state index in [1.54, 1.807) is 49.9 Å². The number of hydrogen-bond donors (Lipinski definition) is 2. The molecule has 0 bridgehead atoms. The van der Waals surface area contributed by atoms with Crippen LogP contribution >= 0.6 is 0 Å². The number of imide groups is 1. The van der Waals surface area contributed by atoms with Crippen molar-refractivity contribution < 1.29 is 24.0 Å². The van der Waals surface area contributed by atoms with Gasteiger partial charge in [-0.15, -0.1) is 0 Å². The minimum absolute atomic E-state index is 0.127. The molecular formula is C25H28N6O5. The highest BCUT2D eigenvalue weighted by Gasteiger charge is 2.43. The standard InChI is InChI=1S/C25H28N6O5/c1-5-19(33)31(21(24(35)26-6-2)22-27-14(3)12-29(22)4)16-9-7-8-15-13-30(25(36)20(15)16)17-10-11-18(32)28-23(17)34/h5,7-9,12,17,21H,1,6,10-11,13H2,2-4H3,(H,26,35)(H,28,32,34). The lowest BCUT2D eigenvalue weighted by Crippen LogP contribution is -2.52. The fourth-order valence-corrected chi connectivity index (χ4v) is 4.79. The number of piperidine rings is 1. The molecule has 1 aromatic carbocycles. The van der Waals surface area contributed by atoms with E-state index in [-0.39, 0.29) is 36.5 Å². The number of amides is 5. The van der Waals surface area contributed by atoms with Gasteiger partial charge in [0.25, 0.3) is 17.7 Å². The van der Waals surface area contributed by atoms with E-state index in [0.717, 1.165) is 6.08 Å². The van der Waals surface area contributed by atoms with Crippen LogP contribution in [0.5, 0.6) is 0 Å². The number of imidazole rings is 1. The zero-order valence-corrected chi connectivity index (χ0v) is 20.4. The molecule has 36 heavy (non-hydrogen) atoms. The highest BCUT2D eigenvalue weighted by Crippen LogP contribution is 2.37. The van der Waals surface area contributed by atoms with E-state index in [0.29, 0.717) is 23.6 Å². The van der Waals surface area contributed by atoms with E-state index in [1.807, 2.05) is 0 Å². The van der Waals surface area contributed by atoms with E-state index >= 15 is 0 Å². The number of carbonyl (C=O) groups is 5. The van der Waals surface area contributed by atoms with Gasteiger partial charge in [-0.3, -0.25) is 34.2 Å². The molecule has 4 rings (SSSR count). The number of carbonyl (C=O) groups excluding carboxylic acids is 5. The zero-order valence-electron chi connectivity index (χ0n) is 20.4. The molecule has 11 nitrogen and oxygen atoms in total. The van der Waals surface area contributed by atoms with E-state index < -0.39 is 35.7 Å². The fraction of sp³-hybridized carbons (Fsp3) is 0.360. The number of nitrogens with one attached hydrogen (secondary N) is 2. The lowest BCUT2D eigenvalue weighted by Gasteiger charge is -2.31. The van der Waals surface area contributed by atoms with Crippen LogP contribution in [-0.4, -0.2) is 56.6 Å². The largest absolute Gasteiger partial charge is 0.354 e. The van der Waals surface area contributed by atoms with Crippen LogP contribution in [-0.2, 0) is 32.8 Å². The lowest BCUT2D eigenvalue weighted by molar-refractivity contribution is -0.137. The number of fused-ring (bicyclic) bond motifs is 1. The number of likely N-dealkylation sites (N-methyl/N-ethyl adjacent to an activating group) is 1. The van der Waals surface area contributed by atoms with Crippen LogP contribution < -0.4 is 15.5 Å². The summed E-state index contributed by atoms with van der Waals surface area (Å²) in [6.45, 7) is 7.60. The molecule has 2 aliphatic heterocycles. The molecule has 1 aromatic heterocycles. The molecule has 2 unspecified atom stereocenters. The second-order valence-corrected chi connectivity index (χ2v) is 8.77. The van der Waals surface area contributed by atoms with Gasteiger partial charge in [0, 0.05) is 32.8 Å². The first kappa shape index (κ1) is 24.8. The summed E-state index contributed by atoms with van der Waals surface area (Å²) in [5.74, 6) is -2.10. The molecule has 0 aliphatic carbocycles. The van der Waals surface area contributed by atoms with Crippen LogP contribution in [0.1, 0.15) is 53.2 Å². The summed E-state index contributed by atoms with van der Waals surface area (Å²) >= 11 is 0. The molecule has 0 radical (unpaired) electrons. The number of benzene rings is 1. The van der Waals surface area contributed by atoms with Crippen molar-refractivity contribution in [1.29, 1.82) is 0 Å². The van der Waals surface area contributed by atoms with Crippen molar-refractivity contribution >= 4 is 35.2 Å². The maximum atomic E-state index is 13.7. The molecule has 3 heterocycles. The Morgan fingerprint density at radius 2 is 2.08 bits per heavy atom. The third-order valence-corrected chi connectivity index (χ3v) is 6.34. The SMILES string of the molecule is C=CC(=O)N(c1cccc2c1C(=O)N(C1CCC(=O)NC1=O)C2)C(C(=O)NCC)c1nc(C)cn1C. The van der Waals surface area contributed by atoms with E-state index in [4.69, 9.17) is 0 Å². The Kier molecular flexibility index (Phi) is 6.73. The van der Waals surface area contributed by atoms with Gasteiger partial charge in [-0.25, -0.2) is 4.98 Å². The van der Waals surface area contributed by atoms with Gasteiger partial charge in [-0.1, -0.05) is 18.7 Å². The third kappa shape index (κ3) is 4.28. The van der Waals surface area contributed by atoms with Gasteiger partial charge in [-0.05, 0) is 38.0 Å². The summed E-state index contributed by atoms with van der Waals surface area (Å²) in [7, 11) is 1.73. The summed E-state index contributed by atoms with van der Waals surface area (Å²) < 4.78 is 1.67. The Balaban J connectivity index is 1.83. The van der Waals surface area contributed by atoms with Gasteiger partial charge in [0.15, 0.2) is 6.04 Å². The number of anilines is 1. The summed E-state index contributed by atoms with van der Waals surface area (Å²) in [5.41, 5.74) is 1.70. The molecule has 1 saturated heterocycles. The maximum Gasteiger partial charge on any atom is 0.257 e. The van der Waals surface area contributed by atoms with Gasteiger partial charge in [0.1, 0.15) is 11.9 Å². The minimum Gasteiger partial charge on any atom is -0.354 e. The zero-order chi connectivity index (χ0) is 26.1. The second kappa shape index (κ2) is 9.76. The topological polar surface area (TPSA) is 134 Å². The number of hydrogen-bond acceptors (Lipinski definition) is 6. The van der Waals surface area contributed by atoms with Crippen molar-refractivity contribution in [2.24, 2.45) is 7.05 Å². The molecule has 0 spiro atoms. The molecular weight excluding hydrogens is 464 g/mol. The monoisotopic (exact) mass is 492 g/mol. The Morgan fingerprint density at radius 1 is 1.33 bits per heavy atom. The molecule has 5 amide bonds. The number of aryl methyl sites for hydroxylation is 2. The number of aromatic nitrogens is 2. The highest BCUT2D eigenvalue weighted by atomic mass is 16.2. The van der Waals surface area contributed by atoms with Gasteiger partial charge in [0.05, 0.1) is 16.9 Å². The Morgan fingerprint density at radius 3 is 2.69 bits per heavy atom. The predicted molar refractivity (Wildman–Crippen MR) is 130 cm³/mol. The molecule has 2 aromatic rings. The summed E-state index contributed by atoms with van der Waals surface area (Å²) in [6, 6.07) is 3.03. The van der Waals surface area contributed by atoms with E-state index in [2.05, 4.69) is 22.2 Å². The molecule has 2 N–H and O–H groups in total. The van der Waals surface area contributed by atoms with E-state index in [1.165, 1.54) is 9.80 Å².